The van der Waals surface area contributed by atoms with Gasteiger partial charge < -0.3 is 29.3 Å². The second-order valence-corrected chi connectivity index (χ2v) is 13.1. The van der Waals surface area contributed by atoms with Gasteiger partial charge in [-0.05, 0) is 62.4 Å². The average Bonchev–Trinajstić information content (AvgIpc) is 3.75. The normalized spacial score (nSPS) is 27.3. The van der Waals surface area contributed by atoms with E-state index in [4.69, 9.17) is 9.47 Å². The van der Waals surface area contributed by atoms with Crippen molar-refractivity contribution in [2.75, 3.05) is 31.2 Å². The van der Waals surface area contributed by atoms with Crippen molar-refractivity contribution in [2.45, 2.75) is 81.7 Å². The van der Waals surface area contributed by atoms with E-state index in [2.05, 4.69) is 13.2 Å². The Morgan fingerprint density at radius 3 is 2.36 bits per heavy atom. The lowest BCUT2D eigenvalue weighted by Gasteiger charge is -2.42. The van der Waals surface area contributed by atoms with Crippen LogP contribution < -0.4 is 9.64 Å². The van der Waals surface area contributed by atoms with Gasteiger partial charge in [-0.1, -0.05) is 61.7 Å². The van der Waals surface area contributed by atoms with Gasteiger partial charge in [0, 0.05) is 24.8 Å². The molecule has 1 aliphatic carbocycles. The highest BCUT2D eigenvalue weighted by atomic mass is 16.5. The standard InChI is InChI=1S/C38H47N3O6/c1-4-23-39(28-17-19-29(20-18-28)46-6-3)35(43)32-31-21-22-38(47-31)33(32)36(44)41(30(25-42)26-13-9-7-10-14-26)34(38)37(45)40(24-5-2)27-15-11-8-12-16-27/h4-5,7,9-10,13-14,17-20,27,30-34,42H,1-2,6,8,11-12,15-16,21-25H2,3H3/t30-,31+,32-,33+,34?,38?/m1/s1. The molecule has 1 N–H and O–H groups in total. The Morgan fingerprint density at radius 2 is 1.72 bits per heavy atom. The van der Waals surface area contributed by atoms with Gasteiger partial charge in [0.1, 0.15) is 17.4 Å². The lowest BCUT2D eigenvalue weighted by Crippen LogP contribution is -2.59. The summed E-state index contributed by atoms with van der Waals surface area (Å²) in [6.45, 7) is 10.5. The van der Waals surface area contributed by atoms with Crippen molar-refractivity contribution in [2.24, 2.45) is 11.8 Å². The molecular weight excluding hydrogens is 594 g/mol. The maximum Gasteiger partial charge on any atom is 0.248 e. The van der Waals surface area contributed by atoms with E-state index in [9.17, 15) is 19.5 Å². The van der Waals surface area contributed by atoms with Crippen molar-refractivity contribution in [3.8, 4) is 5.75 Å². The Labute approximate surface area is 277 Å². The number of carbonyl (C=O) groups is 3. The summed E-state index contributed by atoms with van der Waals surface area (Å²) in [5, 5.41) is 10.8. The van der Waals surface area contributed by atoms with Crippen molar-refractivity contribution in [1.29, 1.82) is 0 Å². The first kappa shape index (κ1) is 33.0. The zero-order valence-electron chi connectivity index (χ0n) is 27.3. The molecule has 3 amide bonds. The lowest BCUT2D eigenvalue weighted by molar-refractivity contribution is -0.153. The highest BCUT2D eigenvalue weighted by Crippen LogP contribution is 2.60. The number of ether oxygens (including phenoxy) is 2. The van der Waals surface area contributed by atoms with E-state index < -0.39 is 35.6 Å². The minimum Gasteiger partial charge on any atom is -0.494 e. The van der Waals surface area contributed by atoms with Crippen molar-refractivity contribution >= 4 is 23.4 Å². The van der Waals surface area contributed by atoms with Gasteiger partial charge in [-0.2, -0.15) is 0 Å². The lowest BCUT2D eigenvalue weighted by atomic mass is 9.70. The summed E-state index contributed by atoms with van der Waals surface area (Å²) < 4.78 is 12.4. The number of hydrogen-bond donors (Lipinski definition) is 1. The topological polar surface area (TPSA) is 99.6 Å². The smallest absolute Gasteiger partial charge is 0.248 e. The molecule has 2 aromatic rings. The monoisotopic (exact) mass is 641 g/mol. The average molecular weight is 642 g/mol. The molecule has 250 valence electrons. The number of aliphatic hydroxyl groups is 1. The molecule has 6 atom stereocenters. The quantitative estimate of drug-likeness (QED) is 0.307. The van der Waals surface area contributed by atoms with Gasteiger partial charge >= 0.3 is 0 Å². The largest absolute Gasteiger partial charge is 0.494 e. The van der Waals surface area contributed by atoms with Crippen molar-refractivity contribution in [1.82, 2.24) is 9.80 Å². The Hall–Kier alpha value is -3.95. The molecule has 3 heterocycles. The number of fused-ring (bicyclic) bond motifs is 1. The number of anilines is 1. The summed E-state index contributed by atoms with van der Waals surface area (Å²) in [5.74, 6) is -1.70. The van der Waals surface area contributed by atoms with Crippen LogP contribution >= 0.6 is 0 Å². The third kappa shape index (κ3) is 5.78. The Bertz CT molecular complexity index is 1460. The summed E-state index contributed by atoms with van der Waals surface area (Å²) in [6, 6.07) is 14.9. The molecule has 4 fully saturated rings. The van der Waals surface area contributed by atoms with E-state index >= 15 is 0 Å². The van der Waals surface area contributed by atoms with Crippen LogP contribution in [0.5, 0.6) is 5.75 Å². The first-order chi connectivity index (χ1) is 22.9. The summed E-state index contributed by atoms with van der Waals surface area (Å²) in [4.78, 5) is 49.6. The highest BCUT2D eigenvalue weighted by molar-refractivity contribution is 6.03. The molecule has 4 aliphatic rings. The minimum atomic E-state index is -1.19. The molecule has 2 unspecified atom stereocenters. The van der Waals surface area contributed by atoms with Crippen LogP contribution in [0.4, 0.5) is 5.69 Å². The fourth-order valence-electron chi connectivity index (χ4n) is 8.65. The van der Waals surface area contributed by atoms with Crippen LogP contribution in [0, 0.1) is 11.8 Å². The molecule has 6 rings (SSSR count). The fraction of sp³-hybridized carbons (Fsp3) is 0.500. The molecule has 1 spiro atoms. The molecule has 3 saturated heterocycles. The van der Waals surface area contributed by atoms with Crippen LogP contribution in [-0.4, -0.2) is 82.7 Å². The zero-order valence-corrected chi connectivity index (χ0v) is 27.3. The van der Waals surface area contributed by atoms with E-state index in [-0.39, 0.29) is 36.9 Å². The molecule has 0 aromatic heterocycles. The molecule has 2 bridgehead atoms. The Balaban J connectivity index is 1.42. The Morgan fingerprint density at radius 1 is 1.02 bits per heavy atom. The number of likely N-dealkylation sites (tertiary alicyclic amines) is 1. The van der Waals surface area contributed by atoms with E-state index in [0.29, 0.717) is 37.4 Å². The molecular formula is C38H47N3O6. The molecule has 9 nitrogen and oxygen atoms in total. The molecule has 2 aromatic carbocycles. The molecule has 3 aliphatic heterocycles. The van der Waals surface area contributed by atoms with E-state index in [1.54, 1.807) is 22.0 Å². The molecule has 0 radical (unpaired) electrons. The van der Waals surface area contributed by atoms with Crippen LogP contribution in [-0.2, 0) is 19.1 Å². The highest BCUT2D eigenvalue weighted by Gasteiger charge is 2.75. The predicted molar refractivity (Wildman–Crippen MR) is 180 cm³/mol. The maximum absolute atomic E-state index is 15.0. The number of benzene rings is 2. The number of aliphatic hydroxyl groups excluding tert-OH is 1. The summed E-state index contributed by atoms with van der Waals surface area (Å²) in [5.41, 5.74) is 0.205. The zero-order chi connectivity index (χ0) is 33.1. The van der Waals surface area contributed by atoms with Crippen LogP contribution in [0.15, 0.2) is 79.9 Å². The number of rotatable bonds is 13. The van der Waals surface area contributed by atoms with Gasteiger partial charge in [0.05, 0.1) is 37.2 Å². The number of hydrogen-bond acceptors (Lipinski definition) is 6. The summed E-state index contributed by atoms with van der Waals surface area (Å²) in [6.07, 6.45) is 8.94. The van der Waals surface area contributed by atoms with Gasteiger partial charge in [0.15, 0.2) is 0 Å². The molecule has 47 heavy (non-hydrogen) atoms. The Kier molecular flexibility index (Phi) is 9.85. The minimum absolute atomic E-state index is 0.0322. The van der Waals surface area contributed by atoms with E-state index in [1.165, 1.54) is 0 Å². The fourth-order valence-corrected chi connectivity index (χ4v) is 8.65. The van der Waals surface area contributed by atoms with Crippen LogP contribution in [0.2, 0.25) is 0 Å². The number of amides is 3. The second kappa shape index (κ2) is 14.0. The van der Waals surface area contributed by atoms with Gasteiger partial charge in [0.25, 0.3) is 0 Å². The third-order valence-electron chi connectivity index (χ3n) is 10.6. The first-order valence-electron chi connectivity index (χ1n) is 17.1. The van der Waals surface area contributed by atoms with Crippen molar-refractivity contribution in [3.05, 3.63) is 85.5 Å². The van der Waals surface area contributed by atoms with Gasteiger partial charge in [-0.15, -0.1) is 13.2 Å². The predicted octanol–water partition coefficient (Wildman–Crippen LogP) is 5.06. The van der Waals surface area contributed by atoms with Crippen molar-refractivity contribution in [3.63, 3.8) is 0 Å². The van der Waals surface area contributed by atoms with Crippen LogP contribution in [0.3, 0.4) is 0 Å². The second-order valence-electron chi connectivity index (χ2n) is 13.1. The molecule has 1 saturated carbocycles. The van der Waals surface area contributed by atoms with Gasteiger partial charge in [-0.25, -0.2) is 0 Å². The van der Waals surface area contributed by atoms with Crippen molar-refractivity contribution < 1.29 is 29.0 Å². The van der Waals surface area contributed by atoms with Gasteiger partial charge in [-0.3, -0.25) is 14.4 Å². The van der Waals surface area contributed by atoms with Crippen LogP contribution in [0.25, 0.3) is 0 Å². The molecule has 9 heteroatoms. The van der Waals surface area contributed by atoms with E-state index in [1.807, 2.05) is 66.4 Å². The number of nitrogens with zero attached hydrogens (tertiary/aromatic N) is 3. The summed E-state index contributed by atoms with van der Waals surface area (Å²) in [7, 11) is 0. The SMILES string of the molecule is C=CCN(C(=O)[C@@H]1[C@@H]2CCC3(O2)C(C(=O)N(CC=C)C2CCCCC2)N([C@H](CO)c2ccccc2)C(=O)[C@H]13)c1ccc(OCC)cc1. The maximum atomic E-state index is 15.0. The number of carbonyl (C=O) groups excluding carboxylic acids is 3. The van der Waals surface area contributed by atoms with Crippen LogP contribution in [0.1, 0.15) is 63.5 Å². The third-order valence-corrected chi connectivity index (χ3v) is 10.6. The summed E-state index contributed by atoms with van der Waals surface area (Å²) >= 11 is 0. The van der Waals surface area contributed by atoms with E-state index in [0.717, 1.165) is 37.7 Å². The van der Waals surface area contributed by atoms with Gasteiger partial charge in [0.2, 0.25) is 17.7 Å². The first-order valence-corrected chi connectivity index (χ1v) is 17.1.